The summed E-state index contributed by atoms with van der Waals surface area (Å²) in [5, 5.41) is 3.32. The standard InChI is InChI=1S/C17H25N5/c1-4-14-13(3)11-16(19-14)20-15-5-8-18-17(21-15)22-9-6-12(2)7-10-22/h5,8,11-12,14H,4,6-7,9-10H2,1-3H3,(H,18,19,20,21). The van der Waals surface area contributed by atoms with Crippen molar-refractivity contribution in [2.24, 2.45) is 10.9 Å². The van der Waals surface area contributed by atoms with Gasteiger partial charge in [0.05, 0.1) is 6.04 Å². The second-order valence-corrected chi connectivity index (χ2v) is 6.36. The molecule has 0 saturated carbocycles. The molecule has 0 amide bonds. The number of aliphatic imine (C=N–C) groups is 1. The van der Waals surface area contributed by atoms with Gasteiger partial charge in [0.15, 0.2) is 0 Å². The smallest absolute Gasteiger partial charge is 0.227 e. The maximum absolute atomic E-state index is 4.67. The van der Waals surface area contributed by atoms with Gasteiger partial charge in [-0.05, 0) is 49.8 Å². The third-order valence-corrected chi connectivity index (χ3v) is 4.54. The monoisotopic (exact) mass is 299 g/mol. The zero-order valence-electron chi connectivity index (χ0n) is 13.7. The van der Waals surface area contributed by atoms with E-state index in [2.05, 4.69) is 52.0 Å². The quantitative estimate of drug-likeness (QED) is 0.930. The molecule has 3 heterocycles. The van der Waals surface area contributed by atoms with Gasteiger partial charge in [-0.2, -0.15) is 4.98 Å². The van der Waals surface area contributed by atoms with Crippen molar-refractivity contribution in [1.29, 1.82) is 0 Å². The number of nitrogens with one attached hydrogen (secondary N) is 1. The fourth-order valence-corrected chi connectivity index (χ4v) is 3.01. The summed E-state index contributed by atoms with van der Waals surface area (Å²) in [5.41, 5.74) is 1.31. The molecule has 0 aromatic carbocycles. The first-order valence-corrected chi connectivity index (χ1v) is 8.26. The average Bonchev–Trinajstić information content (AvgIpc) is 2.88. The Bertz CT molecular complexity index is 584. The highest BCUT2D eigenvalue weighted by Crippen LogP contribution is 2.22. The van der Waals surface area contributed by atoms with E-state index in [1.54, 1.807) is 0 Å². The molecule has 5 nitrogen and oxygen atoms in total. The van der Waals surface area contributed by atoms with Crippen molar-refractivity contribution in [2.75, 3.05) is 23.3 Å². The summed E-state index contributed by atoms with van der Waals surface area (Å²) >= 11 is 0. The molecule has 1 aromatic rings. The number of hydrogen-bond acceptors (Lipinski definition) is 5. The molecule has 1 fully saturated rings. The summed E-state index contributed by atoms with van der Waals surface area (Å²) in [6, 6.07) is 2.22. The Labute approximate surface area is 132 Å². The highest BCUT2D eigenvalue weighted by Gasteiger charge is 2.19. The predicted molar refractivity (Wildman–Crippen MR) is 91.5 cm³/mol. The lowest BCUT2D eigenvalue weighted by Gasteiger charge is -2.30. The lowest BCUT2D eigenvalue weighted by molar-refractivity contribution is 0.434. The Morgan fingerprint density at radius 1 is 1.32 bits per heavy atom. The van der Waals surface area contributed by atoms with Crippen molar-refractivity contribution in [3.63, 3.8) is 0 Å². The largest absolute Gasteiger partial charge is 0.341 e. The highest BCUT2D eigenvalue weighted by molar-refractivity contribution is 6.05. The molecule has 2 aliphatic rings. The van der Waals surface area contributed by atoms with E-state index >= 15 is 0 Å². The number of rotatable bonds is 3. The molecule has 2 aliphatic heterocycles. The van der Waals surface area contributed by atoms with Crippen LogP contribution >= 0.6 is 0 Å². The molecule has 118 valence electrons. The molecular weight excluding hydrogens is 274 g/mol. The SMILES string of the molecule is CCC1N=C(Nc2ccnc(N3CCC(C)CC3)n2)C=C1C. The minimum Gasteiger partial charge on any atom is -0.341 e. The van der Waals surface area contributed by atoms with E-state index in [1.165, 1.54) is 18.4 Å². The number of aromatic nitrogens is 2. The molecule has 1 unspecified atom stereocenters. The number of piperidine rings is 1. The van der Waals surface area contributed by atoms with Crippen molar-refractivity contribution < 1.29 is 0 Å². The topological polar surface area (TPSA) is 53.4 Å². The first-order valence-electron chi connectivity index (χ1n) is 8.26. The van der Waals surface area contributed by atoms with E-state index in [0.29, 0.717) is 6.04 Å². The summed E-state index contributed by atoms with van der Waals surface area (Å²) in [7, 11) is 0. The zero-order valence-corrected chi connectivity index (χ0v) is 13.7. The summed E-state index contributed by atoms with van der Waals surface area (Å²) in [6.07, 6.45) is 7.40. The van der Waals surface area contributed by atoms with Gasteiger partial charge in [0.1, 0.15) is 11.7 Å². The molecule has 0 bridgehead atoms. The summed E-state index contributed by atoms with van der Waals surface area (Å²) in [5.74, 6) is 3.36. The second-order valence-electron chi connectivity index (χ2n) is 6.36. The Morgan fingerprint density at radius 3 is 2.77 bits per heavy atom. The summed E-state index contributed by atoms with van der Waals surface area (Å²) in [6.45, 7) is 8.69. The molecule has 3 rings (SSSR count). The predicted octanol–water partition coefficient (Wildman–Crippen LogP) is 3.26. The first-order chi connectivity index (χ1) is 10.7. The van der Waals surface area contributed by atoms with Gasteiger partial charge < -0.3 is 10.2 Å². The van der Waals surface area contributed by atoms with Crippen LogP contribution in [-0.2, 0) is 0 Å². The lowest BCUT2D eigenvalue weighted by atomic mass is 10.00. The minimum absolute atomic E-state index is 0.312. The third kappa shape index (κ3) is 3.29. The Balaban J connectivity index is 1.70. The molecule has 1 N–H and O–H groups in total. The minimum atomic E-state index is 0.312. The molecule has 1 aromatic heterocycles. The van der Waals surface area contributed by atoms with Gasteiger partial charge in [0, 0.05) is 19.3 Å². The second kappa shape index (κ2) is 6.46. The van der Waals surface area contributed by atoms with Crippen molar-refractivity contribution in [2.45, 2.75) is 46.1 Å². The third-order valence-electron chi connectivity index (χ3n) is 4.54. The van der Waals surface area contributed by atoms with Crippen LogP contribution in [-0.4, -0.2) is 34.9 Å². The molecule has 22 heavy (non-hydrogen) atoms. The average molecular weight is 299 g/mol. The molecule has 0 spiro atoms. The first kappa shape index (κ1) is 15.0. The van der Waals surface area contributed by atoms with Gasteiger partial charge in [0.25, 0.3) is 0 Å². The van der Waals surface area contributed by atoms with Crippen molar-refractivity contribution in [3.8, 4) is 0 Å². The fourth-order valence-electron chi connectivity index (χ4n) is 3.01. The van der Waals surface area contributed by atoms with Crippen LogP contribution in [0.5, 0.6) is 0 Å². The fraction of sp³-hybridized carbons (Fsp3) is 0.588. The van der Waals surface area contributed by atoms with Gasteiger partial charge in [-0.25, -0.2) is 4.98 Å². The molecular formula is C17H25N5. The van der Waals surface area contributed by atoms with Crippen LogP contribution in [0.25, 0.3) is 0 Å². The van der Waals surface area contributed by atoms with Gasteiger partial charge >= 0.3 is 0 Å². The van der Waals surface area contributed by atoms with E-state index in [0.717, 1.165) is 43.0 Å². The maximum Gasteiger partial charge on any atom is 0.227 e. The van der Waals surface area contributed by atoms with Crippen LogP contribution in [0, 0.1) is 5.92 Å². The van der Waals surface area contributed by atoms with E-state index in [9.17, 15) is 0 Å². The zero-order chi connectivity index (χ0) is 15.5. The number of hydrogen-bond donors (Lipinski definition) is 1. The normalized spacial score (nSPS) is 22.5. The molecule has 0 aliphatic carbocycles. The van der Waals surface area contributed by atoms with Gasteiger partial charge in [0.2, 0.25) is 5.95 Å². The van der Waals surface area contributed by atoms with E-state index in [1.807, 2.05) is 12.3 Å². The van der Waals surface area contributed by atoms with Gasteiger partial charge in [-0.1, -0.05) is 13.8 Å². The molecule has 1 atom stereocenters. The van der Waals surface area contributed by atoms with Crippen molar-refractivity contribution >= 4 is 17.6 Å². The van der Waals surface area contributed by atoms with Crippen LogP contribution < -0.4 is 10.2 Å². The van der Waals surface area contributed by atoms with E-state index < -0.39 is 0 Å². The molecule has 1 saturated heterocycles. The van der Waals surface area contributed by atoms with Crippen LogP contribution in [0.4, 0.5) is 11.8 Å². The Morgan fingerprint density at radius 2 is 2.09 bits per heavy atom. The van der Waals surface area contributed by atoms with Crippen molar-refractivity contribution in [3.05, 3.63) is 23.9 Å². The van der Waals surface area contributed by atoms with Crippen LogP contribution in [0.15, 0.2) is 28.9 Å². The van der Waals surface area contributed by atoms with Crippen molar-refractivity contribution in [1.82, 2.24) is 9.97 Å². The summed E-state index contributed by atoms with van der Waals surface area (Å²) < 4.78 is 0. The maximum atomic E-state index is 4.67. The van der Waals surface area contributed by atoms with E-state index in [4.69, 9.17) is 0 Å². The highest BCUT2D eigenvalue weighted by atomic mass is 15.3. The van der Waals surface area contributed by atoms with E-state index in [-0.39, 0.29) is 0 Å². The Kier molecular flexibility index (Phi) is 4.41. The lowest BCUT2D eigenvalue weighted by Crippen LogP contribution is -2.34. The molecule has 0 radical (unpaired) electrons. The number of anilines is 2. The number of amidine groups is 1. The van der Waals surface area contributed by atoms with Crippen LogP contribution in [0.3, 0.4) is 0 Å². The van der Waals surface area contributed by atoms with Crippen LogP contribution in [0.1, 0.15) is 40.0 Å². The summed E-state index contributed by atoms with van der Waals surface area (Å²) in [4.78, 5) is 16.0. The van der Waals surface area contributed by atoms with Gasteiger partial charge in [-0.15, -0.1) is 0 Å². The van der Waals surface area contributed by atoms with Gasteiger partial charge in [-0.3, -0.25) is 4.99 Å². The molecule has 5 heteroatoms. The van der Waals surface area contributed by atoms with Crippen LogP contribution in [0.2, 0.25) is 0 Å². The Hall–Kier alpha value is -1.91. The number of nitrogens with zero attached hydrogens (tertiary/aromatic N) is 4.